The van der Waals surface area contributed by atoms with E-state index < -0.39 is 0 Å². The Morgan fingerprint density at radius 1 is 1.35 bits per heavy atom. The number of thiocarbonyl (C=S) groups is 1. The standard InChI is InChI=1S/C18H17ClN4O2S/c1-10-13(19)4-3-5-14(10)21-18(26)23-22-11(2)12-6-7-16-15(8-12)20-17(24)9-25-16/h3-8H,9H2,1-2H3,(H,20,24)(H2,21,23,26)/b22-11-. The largest absolute Gasteiger partial charge is 0.482 e. The minimum atomic E-state index is -0.176. The maximum Gasteiger partial charge on any atom is 0.262 e. The number of hydrogen-bond acceptors (Lipinski definition) is 4. The van der Waals surface area contributed by atoms with Gasteiger partial charge in [0.1, 0.15) is 5.75 Å². The number of amides is 1. The molecule has 2 aromatic carbocycles. The Hall–Kier alpha value is -2.64. The number of rotatable bonds is 3. The van der Waals surface area contributed by atoms with Crippen LogP contribution in [-0.2, 0) is 4.79 Å². The Balaban J connectivity index is 1.68. The molecule has 0 bridgehead atoms. The summed E-state index contributed by atoms with van der Waals surface area (Å²) in [6.07, 6.45) is 0. The number of carbonyl (C=O) groups is 1. The summed E-state index contributed by atoms with van der Waals surface area (Å²) in [5.41, 5.74) is 6.71. The first kappa shape index (κ1) is 18.2. The number of hydrogen-bond donors (Lipinski definition) is 3. The van der Waals surface area contributed by atoms with Crippen LogP contribution in [-0.4, -0.2) is 23.3 Å². The number of carbonyl (C=O) groups excluding carboxylic acids is 1. The van der Waals surface area contributed by atoms with Crippen LogP contribution in [0, 0.1) is 6.92 Å². The minimum absolute atomic E-state index is 0.0316. The van der Waals surface area contributed by atoms with Gasteiger partial charge in [-0.15, -0.1) is 0 Å². The van der Waals surface area contributed by atoms with Gasteiger partial charge in [-0.3, -0.25) is 10.2 Å². The van der Waals surface area contributed by atoms with Crippen LogP contribution in [0.25, 0.3) is 0 Å². The first-order chi connectivity index (χ1) is 12.4. The van der Waals surface area contributed by atoms with Crippen molar-refractivity contribution < 1.29 is 9.53 Å². The van der Waals surface area contributed by atoms with Crippen molar-refractivity contribution in [2.45, 2.75) is 13.8 Å². The van der Waals surface area contributed by atoms with Gasteiger partial charge >= 0.3 is 0 Å². The highest BCUT2D eigenvalue weighted by Crippen LogP contribution is 2.28. The average molecular weight is 389 g/mol. The maximum atomic E-state index is 11.4. The van der Waals surface area contributed by atoms with E-state index in [1.165, 1.54) is 0 Å². The SMILES string of the molecule is C/C(=N/NC(=S)Nc1cccc(Cl)c1C)c1ccc2c(c1)NC(=O)CO2. The molecule has 0 aromatic heterocycles. The lowest BCUT2D eigenvalue weighted by molar-refractivity contribution is -0.118. The van der Waals surface area contributed by atoms with E-state index in [9.17, 15) is 4.79 Å². The van der Waals surface area contributed by atoms with Crippen molar-refractivity contribution in [2.24, 2.45) is 5.10 Å². The molecule has 1 amide bonds. The summed E-state index contributed by atoms with van der Waals surface area (Å²) >= 11 is 11.4. The molecule has 1 aliphatic rings. The Morgan fingerprint density at radius 3 is 2.96 bits per heavy atom. The van der Waals surface area contributed by atoms with Crippen LogP contribution in [0.2, 0.25) is 5.02 Å². The molecule has 0 atom stereocenters. The summed E-state index contributed by atoms with van der Waals surface area (Å²) in [7, 11) is 0. The van der Waals surface area contributed by atoms with E-state index in [1.54, 1.807) is 6.07 Å². The molecule has 0 unspecified atom stereocenters. The van der Waals surface area contributed by atoms with Crippen LogP contribution in [0.4, 0.5) is 11.4 Å². The molecule has 0 fully saturated rings. The van der Waals surface area contributed by atoms with Crippen molar-refractivity contribution in [3.63, 3.8) is 0 Å². The molecule has 6 nitrogen and oxygen atoms in total. The number of anilines is 2. The quantitative estimate of drug-likeness (QED) is 0.425. The zero-order valence-electron chi connectivity index (χ0n) is 14.2. The van der Waals surface area contributed by atoms with Gasteiger partial charge in [-0.05, 0) is 67.5 Å². The lowest BCUT2D eigenvalue weighted by atomic mass is 10.1. The van der Waals surface area contributed by atoms with Gasteiger partial charge in [-0.2, -0.15) is 5.10 Å². The zero-order valence-corrected chi connectivity index (χ0v) is 15.8. The second-order valence-corrected chi connectivity index (χ2v) is 6.54. The van der Waals surface area contributed by atoms with Gasteiger partial charge in [0.2, 0.25) is 0 Å². The molecule has 0 saturated carbocycles. The third kappa shape index (κ3) is 4.12. The van der Waals surface area contributed by atoms with Crippen LogP contribution in [0.5, 0.6) is 5.75 Å². The molecule has 2 aromatic rings. The zero-order chi connectivity index (χ0) is 18.7. The summed E-state index contributed by atoms with van der Waals surface area (Å²) in [6, 6.07) is 11.0. The minimum Gasteiger partial charge on any atom is -0.482 e. The molecule has 3 rings (SSSR count). The van der Waals surface area contributed by atoms with Crippen LogP contribution < -0.4 is 20.8 Å². The fraction of sp³-hybridized carbons (Fsp3) is 0.167. The third-order valence-corrected chi connectivity index (χ3v) is 4.47. The van der Waals surface area contributed by atoms with Gasteiger partial charge in [0, 0.05) is 10.7 Å². The number of halogens is 1. The van der Waals surface area contributed by atoms with Crippen molar-refractivity contribution >= 4 is 51.9 Å². The fourth-order valence-electron chi connectivity index (χ4n) is 2.40. The number of nitrogens with zero attached hydrogens (tertiary/aromatic N) is 1. The van der Waals surface area contributed by atoms with Gasteiger partial charge in [-0.25, -0.2) is 0 Å². The molecule has 26 heavy (non-hydrogen) atoms. The smallest absolute Gasteiger partial charge is 0.262 e. The molecule has 1 aliphatic heterocycles. The first-order valence-corrected chi connectivity index (χ1v) is 8.66. The van der Waals surface area contributed by atoms with Crippen molar-refractivity contribution in [3.05, 3.63) is 52.5 Å². The molecule has 8 heteroatoms. The fourth-order valence-corrected chi connectivity index (χ4v) is 2.73. The first-order valence-electron chi connectivity index (χ1n) is 7.87. The summed E-state index contributed by atoms with van der Waals surface area (Å²) in [4.78, 5) is 11.4. The monoisotopic (exact) mass is 388 g/mol. The van der Waals surface area contributed by atoms with Gasteiger partial charge in [0.15, 0.2) is 11.7 Å². The highest BCUT2D eigenvalue weighted by Gasteiger charge is 2.16. The molecule has 0 spiro atoms. The number of nitrogens with one attached hydrogen (secondary N) is 3. The predicted octanol–water partition coefficient (Wildman–Crippen LogP) is 3.69. The molecule has 3 N–H and O–H groups in total. The van der Waals surface area contributed by atoms with E-state index in [-0.39, 0.29) is 12.5 Å². The lowest BCUT2D eigenvalue weighted by Gasteiger charge is -2.18. The van der Waals surface area contributed by atoms with Gasteiger partial charge < -0.3 is 15.4 Å². The van der Waals surface area contributed by atoms with Crippen molar-refractivity contribution in [1.82, 2.24) is 5.43 Å². The Morgan fingerprint density at radius 2 is 2.15 bits per heavy atom. The van der Waals surface area contributed by atoms with Gasteiger partial charge in [0.25, 0.3) is 5.91 Å². The van der Waals surface area contributed by atoms with Crippen LogP contribution in [0.15, 0.2) is 41.5 Å². The van der Waals surface area contributed by atoms with Gasteiger partial charge in [0.05, 0.1) is 11.4 Å². The molecular formula is C18H17ClN4O2S. The number of ether oxygens (including phenoxy) is 1. The third-order valence-electron chi connectivity index (χ3n) is 3.87. The molecule has 1 heterocycles. The van der Waals surface area contributed by atoms with Crippen molar-refractivity contribution in [2.75, 3.05) is 17.2 Å². The Labute approximate surface area is 161 Å². The molecule has 0 aliphatic carbocycles. The lowest BCUT2D eigenvalue weighted by Crippen LogP contribution is -2.26. The Bertz CT molecular complexity index is 914. The second kappa shape index (κ2) is 7.72. The van der Waals surface area contributed by atoms with Crippen molar-refractivity contribution in [1.29, 1.82) is 0 Å². The molecular weight excluding hydrogens is 372 g/mol. The second-order valence-electron chi connectivity index (χ2n) is 5.72. The summed E-state index contributed by atoms with van der Waals surface area (Å²) in [5, 5.41) is 11.1. The topological polar surface area (TPSA) is 74.8 Å². The van der Waals surface area contributed by atoms with Crippen LogP contribution in [0.1, 0.15) is 18.1 Å². The van der Waals surface area contributed by atoms with Crippen molar-refractivity contribution in [3.8, 4) is 5.75 Å². The van der Waals surface area contributed by atoms with E-state index in [1.807, 2.05) is 44.2 Å². The molecule has 0 radical (unpaired) electrons. The highest BCUT2D eigenvalue weighted by molar-refractivity contribution is 7.80. The Kier molecular flexibility index (Phi) is 5.39. The summed E-state index contributed by atoms with van der Waals surface area (Å²) in [6.45, 7) is 3.78. The average Bonchev–Trinajstić information content (AvgIpc) is 2.63. The van der Waals surface area contributed by atoms with E-state index in [0.717, 1.165) is 16.8 Å². The highest BCUT2D eigenvalue weighted by atomic mass is 35.5. The number of benzene rings is 2. The molecule has 134 valence electrons. The molecule has 0 saturated heterocycles. The summed E-state index contributed by atoms with van der Waals surface area (Å²) in [5.74, 6) is 0.465. The summed E-state index contributed by atoms with van der Waals surface area (Å²) < 4.78 is 5.35. The van der Waals surface area contributed by atoms with Crippen LogP contribution >= 0.6 is 23.8 Å². The normalized spacial score (nSPS) is 13.3. The van der Waals surface area contributed by atoms with Gasteiger partial charge in [-0.1, -0.05) is 17.7 Å². The van der Waals surface area contributed by atoms with E-state index >= 15 is 0 Å². The van der Waals surface area contributed by atoms with E-state index in [2.05, 4.69) is 21.2 Å². The van der Waals surface area contributed by atoms with E-state index in [0.29, 0.717) is 27.3 Å². The predicted molar refractivity (Wildman–Crippen MR) is 108 cm³/mol. The number of fused-ring (bicyclic) bond motifs is 1. The van der Waals surface area contributed by atoms with Crippen LogP contribution in [0.3, 0.4) is 0 Å². The van der Waals surface area contributed by atoms with E-state index in [4.69, 9.17) is 28.6 Å². The maximum absolute atomic E-state index is 11.4. The number of hydrazone groups is 1.